The Morgan fingerprint density at radius 3 is 2.94 bits per heavy atom. The molecule has 1 aromatic carbocycles. The predicted octanol–water partition coefficient (Wildman–Crippen LogP) is 2.90. The first-order valence-corrected chi connectivity index (χ1v) is 5.88. The van der Waals surface area contributed by atoms with Gasteiger partial charge in [-0.1, -0.05) is 23.7 Å². The number of oxime groups is 1. The van der Waals surface area contributed by atoms with Crippen LogP contribution in [0.25, 0.3) is 0 Å². The van der Waals surface area contributed by atoms with Crippen LogP contribution in [0.15, 0.2) is 27.8 Å². The number of halogens is 2. The molecule has 88 valence electrons. The minimum absolute atomic E-state index is 0.0487. The second-order valence-electron chi connectivity index (χ2n) is 3.44. The summed E-state index contributed by atoms with van der Waals surface area (Å²) in [5.41, 5.74) is 6.36. The number of benzene rings is 1. The summed E-state index contributed by atoms with van der Waals surface area (Å²) in [5, 5.41) is 15.2. The summed E-state index contributed by atoms with van der Waals surface area (Å²) in [5.74, 6) is 0.156. The highest BCUT2D eigenvalue weighted by molar-refractivity contribution is 9.10. The average molecular weight is 307 g/mol. The van der Waals surface area contributed by atoms with Gasteiger partial charge in [-0.05, 0) is 34.1 Å². The maximum absolute atomic E-state index is 8.49. The molecule has 0 aliphatic heterocycles. The molecule has 0 fully saturated rings. The van der Waals surface area contributed by atoms with E-state index in [1.165, 1.54) is 0 Å². The second-order valence-corrected chi connectivity index (χ2v) is 4.70. The van der Waals surface area contributed by atoms with Crippen molar-refractivity contribution in [1.82, 2.24) is 0 Å². The van der Waals surface area contributed by atoms with Crippen LogP contribution in [0.2, 0.25) is 5.02 Å². The van der Waals surface area contributed by atoms with E-state index in [9.17, 15) is 0 Å². The van der Waals surface area contributed by atoms with Gasteiger partial charge < -0.3 is 16.3 Å². The topological polar surface area (TPSA) is 70.6 Å². The Morgan fingerprint density at radius 2 is 2.38 bits per heavy atom. The number of hydrogen-bond donors (Lipinski definition) is 3. The molecule has 0 radical (unpaired) electrons. The zero-order valence-electron chi connectivity index (χ0n) is 8.74. The quantitative estimate of drug-likeness (QED) is 0.347. The lowest BCUT2D eigenvalue weighted by molar-refractivity contribution is 0.315. The van der Waals surface area contributed by atoms with Crippen molar-refractivity contribution in [2.45, 2.75) is 6.92 Å². The number of anilines is 1. The molecule has 0 amide bonds. The summed E-state index contributed by atoms with van der Waals surface area (Å²) in [6.07, 6.45) is 0. The Bertz CT molecular complexity index is 398. The van der Waals surface area contributed by atoms with Gasteiger partial charge in [0.05, 0.1) is 5.02 Å². The molecular formula is C10H13BrClN3O. The average Bonchev–Trinajstić information content (AvgIpc) is 2.29. The first-order valence-electron chi connectivity index (χ1n) is 4.71. The molecule has 0 aliphatic rings. The standard InChI is InChI=1S/C10H13BrClN3O/c1-6(10(13)15-16)5-14-7-2-3-8(11)9(12)4-7/h2-4,6,14,16H,5H2,1H3,(H2,13,15). The van der Waals surface area contributed by atoms with Crippen LogP contribution in [-0.2, 0) is 0 Å². The van der Waals surface area contributed by atoms with Crippen LogP contribution in [0.1, 0.15) is 6.92 Å². The van der Waals surface area contributed by atoms with Crippen LogP contribution in [0.4, 0.5) is 5.69 Å². The molecule has 0 bridgehead atoms. The minimum Gasteiger partial charge on any atom is -0.409 e. The molecule has 16 heavy (non-hydrogen) atoms. The lowest BCUT2D eigenvalue weighted by Crippen LogP contribution is -2.27. The summed E-state index contributed by atoms with van der Waals surface area (Å²) in [4.78, 5) is 0. The largest absolute Gasteiger partial charge is 0.409 e. The molecule has 6 heteroatoms. The van der Waals surface area contributed by atoms with E-state index in [1.807, 2.05) is 25.1 Å². The fourth-order valence-electron chi connectivity index (χ4n) is 1.08. The van der Waals surface area contributed by atoms with Gasteiger partial charge in [0.2, 0.25) is 0 Å². The van der Waals surface area contributed by atoms with Crippen molar-refractivity contribution in [3.05, 3.63) is 27.7 Å². The van der Waals surface area contributed by atoms with Crippen molar-refractivity contribution in [2.24, 2.45) is 16.8 Å². The van der Waals surface area contributed by atoms with Gasteiger partial charge in [-0.15, -0.1) is 0 Å². The number of nitrogens with zero attached hydrogens (tertiary/aromatic N) is 1. The lowest BCUT2D eigenvalue weighted by atomic mass is 10.1. The Morgan fingerprint density at radius 1 is 1.69 bits per heavy atom. The number of rotatable bonds is 4. The van der Waals surface area contributed by atoms with Gasteiger partial charge in [0.25, 0.3) is 0 Å². The highest BCUT2D eigenvalue weighted by Crippen LogP contribution is 2.25. The summed E-state index contributed by atoms with van der Waals surface area (Å²) >= 11 is 9.26. The molecular weight excluding hydrogens is 293 g/mol. The third-order valence-electron chi connectivity index (χ3n) is 2.15. The van der Waals surface area contributed by atoms with E-state index in [0.717, 1.165) is 10.2 Å². The zero-order chi connectivity index (χ0) is 12.1. The van der Waals surface area contributed by atoms with E-state index in [-0.39, 0.29) is 11.8 Å². The van der Waals surface area contributed by atoms with Gasteiger partial charge in [0, 0.05) is 22.6 Å². The van der Waals surface area contributed by atoms with E-state index in [0.29, 0.717) is 11.6 Å². The molecule has 0 heterocycles. The fraction of sp³-hybridized carbons (Fsp3) is 0.300. The van der Waals surface area contributed by atoms with E-state index < -0.39 is 0 Å². The zero-order valence-corrected chi connectivity index (χ0v) is 11.1. The van der Waals surface area contributed by atoms with E-state index >= 15 is 0 Å². The molecule has 1 atom stereocenters. The molecule has 0 spiro atoms. The van der Waals surface area contributed by atoms with E-state index in [4.69, 9.17) is 22.5 Å². The van der Waals surface area contributed by atoms with Crippen LogP contribution in [0.3, 0.4) is 0 Å². The van der Waals surface area contributed by atoms with Crippen molar-refractivity contribution >= 4 is 39.1 Å². The lowest BCUT2D eigenvalue weighted by Gasteiger charge is -2.12. The Balaban J connectivity index is 2.58. The van der Waals surface area contributed by atoms with Gasteiger partial charge in [0.1, 0.15) is 5.84 Å². The summed E-state index contributed by atoms with van der Waals surface area (Å²) in [6, 6.07) is 5.57. The summed E-state index contributed by atoms with van der Waals surface area (Å²) in [6.45, 7) is 2.44. The monoisotopic (exact) mass is 305 g/mol. The third kappa shape index (κ3) is 3.57. The number of amidine groups is 1. The SMILES string of the molecule is CC(CNc1ccc(Br)c(Cl)c1)/C(N)=N/O. The van der Waals surface area contributed by atoms with Gasteiger partial charge in [-0.2, -0.15) is 0 Å². The first kappa shape index (κ1) is 13.1. The maximum Gasteiger partial charge on any atom is 0.143 e. The van der Waals surface area contributed by atoms with Crippen LogP contribution >= 0.6 is 27.5 Å². The fourth-order valence-corrected chi connectivity index (χ4v) is 1.51. The van der Waals surface area contributed by atoms with Gasteiger partial charge in [0.15, 0.2) is 0 Å². The molecule has 1 aromatic rings. The Hall–Kier alpha value is -0.940. The van der Waals surface area contributed by atoms with Crippen molar-refractivity contribution < 1.29 is 5.21 Å². The second kappa shape index (κ2) is 5.96. The molecule has 4 N–H and O–H groups in total. The van der Waals surface area contributed by atoms with Gasteiger partial charge >= 0.3 is 0 Å². The van der Waals surface area contributed by atoms with Crippen molar-refractivity contribution in [3.63, 3.8) is 0 Å². The van der Waals surface area contributed by atoms with Crippen LogP contribution in [-0.4, -0.2) is 17.6 Å². The molecule has 0 saturated carbocycles. The van der Waals surface area contributed by atoms with Crippen molar-refractivity contribution in [2.75, 3.05) is 11.9 Å². The van der Waals surface area contributed by atoms with E-state index in [1.54, 1.807) is 0 Å². The maximum atomic E-state index is 8.49. The Labute approximate surface area is 108 Å². The van der Waals surface area contributed by atoms with Gasteiger partial charge in [-0.25, -0.2) is 0 Å². The molecule has 4 nitrogen and oxygen atoms in total. The summed E-state index contributed by atoms with van der Waals surface area (Å²) < 4.78 is 0.851. The number of hydrogen-bond acceptors (Lipinski definition) is 3. The van der Waals surface area contributed by atoms with Gasteiger partial charge in [-0.3, -0.25) is 0 Å². The van der Waals surface area contributed by atoms with Crippen molar-refractivity contribution in [1.29, 1.82) is 0 Å². The molecule has 1 rings (SSSR count). The molecule has 1 unspecified atom stereocenters. The predicted molar refractivity (Wildman–Crippen MR) is 70.2 cm³/mol. The number of nitrogens with one attached hydrogen (secondary N) is 1. The van der Waals surface area contributed by atoms with Crippen LogP contribution < -0.4 is 11.1 Å². The minimum atomic E-state index is -0.0487. The molecule has 0 aromatic heterocycles. The normalized spacial score (nSPS) is 13.6. The highest BCUT2D eigenvalue weighted by atomic mass is 79.9. The molecule has 0 saturated heterocycles. The highest BCUT2D eigenvalue weighted by Gasteiger charge is 2.07. The first-order chi connectivity index (χ1) is 7.54. The Kier molecular flexibility index (Phi) is 4.89. The van der Waals surface area contributed by atoms with Crippen molar-refractivity contribution in [3.8, 4) is 0 Å². The molecule has 0 aliphatic carbocycles. The third-order valence-corrected chi connectivity index (χ3v) is 3.38. The number of nitrogens with two attached hydrogens (primary N) is 1. The van der Waals surface area contributed by atoms with Crippen LogP contribution in [0, 0.1) is 5.92 Å². The van der Waals surface area contributed by atoms with Crippen LogP contribution in [0.5, 0.6) is 0 Å². The smallest absolute Gasteiger partial charge is 0.143 e. The van der Waals surface area contributed by atoms with E-state index in [2.05, 4.69) is 26.4 Å². The summed E-state index contributed by atoms with van der Waals surface area (Å²) in [7, 11) is 0.